The van der Waals surface area contributed by atoms with E-state index in [0.717, 1.165) is 22.3 Å². The lowest BCUT2D eigenvalue weighted by atomic mass is 9.98. The number of halogens is 1. The second-order valence-electron chi connectivity index (χ2n) is 7.97. The Bertz CT molecular complexity index is 1230. The van der Waals surface area contributed by atoms with E-state index < -0.39 is 24.0 Å². The summed E-state index contributed by atoms with van der Waals surface area (Å²) in [7, 11) is 1.40. The number of nitrogens with one attached hydrogen (secondary N) is 2. The standard InChI is InChI=1S/C26H23BrN2O6/c1-34-14-23(24(30)28-15-10-11-22(27)20(12-15)25(31)32)29-26(33)35-13-21-18-8-4-2-6-16(18)17-7-3-5-9-19(17)21/h2-12,21,23H,13-14H2,1H3,(H,28,30)(H,29,33)(H,31,32)/t23-/m0/s1. The summed E-state index contributed by atoms with van der Waals surface area (Å²) in [5.74, 6) is -1.82. The lowest BCUT2D eigenvalue weighted by molar-refractivity contribution is -0.119. The molecular formula is C26H23BrN2O6. The predicted octanol–water partition coefficient (Wildman–Crippen LogP) is 4.64. The Balaban J connectivity index is 1.41. The molecule has 0 bridgehead atoms. The topological polar surface area (TPSA) is 114 Å². The molecule has 0 aromatic heterocycles. The van der Waals surface area contributed by atoms with E-state index in [0.29, 0.717) is 4.47 Å². The number of hydrogen-bond donors (Lipinski definition) is 3. The molecule has 9 heteroatoms. The van der Waals surface area contributed by atoms with Crippen molar-refractivity contribution in [1.82, 2.24) is 5.32 Å². The molecule has 0 heterocycles. The number of carbonyl (C=O) groups excluding carboxylic acids is 2. The van der Waals surface area contributed by atoms with Crippen molar-refractivity contribution in [2.45, 2.75) is 12.0 Å². The number of ether oxygens (including phenoxy) is 2. The Kier molecular flexibility index (Phi) is 7.48. The molecule has 0 spiro atoms. The van der Waals surface area contributed by atoms with Crippen molar-refractivity contribution in [3.8, 4) is 11.1 Å². The molecule has 1 aliphatic carbocycles. The fraction of sp³-hybridized carbons (Fsp3) is 0.192. The maximum atomic E-state index is 12.8. The summed E-state index contributed by atoms with van der Waals surface area (Å²) in [5.41, 5.74) is 4.66. The molecule has 2 amide bonds. The van der Waals surface area contributed by atoms with Gasteiger partial charge in [0.2, 0.25) is 5.91 Å². The normalized spacial score (nSPS) is 12.9. The van der Waals surface area contributed by atoms with E-state index >= 15 is 0 Å². The molecule has 1 aliphatic rings. The van der Waals surface area contributed by atoms with Crippen LogP contribution in [0.25, 0.3) is 11.1 Å². The molecular weight excluding hydrogens is 516 g/mol. The quantitative estimate of drug-likeness (QED) is 0.385. The first kappa shape index (κ1) is 24.4. The van der Waals surface area contributed by atoms with E-state index in [1.165, 1.54) is 19.2 Å². The maximum Gasteiger partial charge on any atom is 0.407 e. The number of alkyl carbamates (subject to hydrolysis) is 1. The summed E-state index contributed by atoms with van der Waals surface area (Å²) in [4.78, 5) is 36.7. The Morgan fingerprint density at radius 2 is 1.63 bits per heavy atom. The van der Waals surface area contributed by atoms with Gasteiger partial charge in [-0.1, -0.05) is 48.5 Å². The van der Waals surface area contributed by atoms with Gasteiger partial charge in [0, 0.05) is 23.2 Å². The number of anilines is 1. The number of rotatable bonds is 8. The number of fused-ring (bicyclic) bond motifs is 3. The van der Waals surface area contributed by atoms with Gasteiger partial charge in [-0.05, 0) is 56.4 Å². The van der Waals surface area contributed by atoms with Crippen molar-refractivity contribution in [3.05, 3.63) is 87.9 Å². The van der Waals surface area contributed by atoms with E-state index in [1.807, 2.05) is 48.5 Å². The molecule has 3 N–H and O–H groups in total. The zero-order valence-electron chi connectivity index (χ0n) is 18.8. The van der Waals surface area contributed by atoms with Gasteiger partial charge in [0.15, 0.2) is 0 Å². The number of carboxylic acid groups (broad SMARTS) is 1. The molecule has 8 nitrogen and oxygen atoms in total. The van der Waals surface area contributed by atoms with Gasteiger partial charge in [0.05, 0.1) is 12.2 Å². The number of carbonyl (C=O) groups is 3. The molecule has 0 saturated carbocycles. The smallest absolute Gasteiger partial charge is 0.407 e. The van der Waals surface area contributed by atoms with Crippen molar-refractivity contribution in [1.29, 1.82) is 0 Å². The van der Waals surface area contributed by atoms with Crippen LogP contribution in [0.3, 0.4) is 0 Å². The van der Waals surface area contributed by atoms with Crippen LogP contribution in [-0.2, 0) is 14.3 Å². The number of benzene rings is 3. The van der Waals surface area contributed by atoms with E-state index in [-0.39, 0.29) is 30.4 Å². The Labute approximate surface area is 210 Å². The highest BCUT2D eigenvalue weighted by atomic mass is 79.9. The van der Waals surface area contributed by atoms with E-state index in [1.54, 1.807) is 6.07 Å². The SMILES string of the molecule is COC[C@H](NC(=O)OCC1c2ccccc2-c2ccccc21)C(=O)Nc1ccc(Br)c(C(=O)O)c1. The monoisotopic (exact) mass is 538 g/mol. The van der Waals surface area contributed by atoms with Crippen molar-refractivity contribution < 1.29 is 29.0 Å². The summed E-state index contributed by atoms with van der Waals surface area (Å²) in [5, 5.41) is 14.4. The summed E-state index contributed by atoms with van der Waals surface area (Å²) >= 11 is 3.16. The van der Waals surface area contributed by atoms with Crippen molar-refractivity contribution >= 4 is 39.6 Å². The third-order valence-electron chi connectivity index (χ3n) is 5.75. The highest BCUT2D eigenvalue weighted by molar-refractivity contribution is 9.10. The first-order valence-corrected chi connectivity index (χ1v) is 11.6. The molecule has 4 rings (SSSR count). The molecule has 3 aromatic rings. The van der Waals surface area contributed by atoms with Gasteiger partial charge in [-0.2, -0.15) is 0 Å². The summed E-state index contributed by atoms with van der Waals surface area (Å²) in [6, 6.07) is 19.3. The van der Waals surface area contributed by atoms with E-state index in [4.69, 9.17) is 9.47 Å². The number of hydrogen-bond acceptors (Lipinski definition) is 5. The fourth-order valence-electron chi connectivity index (χ4n) is 4.13. The van der Waals surface area contributed by atoms with E-state index in [9.17, 15) is 19.5 Å². The van der Waals surface area contributed by atoms with Crippen LogP contribution in [0.5, 0.6) is 0 Å². The lowest BCUT2D eigenvalue weighted by Gasteiger charge is -2.19. The van der Waals surface area contributed by atoms with Crippen LogP contribution < -0.4 is 10.6 Å². The van der Waals surface area contributed by atoms with Gasteiger partial charge < -0.3 is 25.2 Å². The van der Waals surface area contributed by atoms with Gasteiger partial charge in [-0.25, -0.2) is 9.59 Å². The average Bonchev–Trinajstić information content (AvgIpc) is 3.17. The molecule has 0 unspecified atom stereocenters. The molecule has 1 atom stereocenters. The third kappa shape index (κ3) is 5.36. The van der Waals surface area contributed by atoms with Crippen LogP contribution in [0, 0.1) is 0 Å². The number of amides is 2. The highest BCUT2D eigenvalue weighted by Gasteiger charge is 2.30. The molecule has 0 fully saturated rings. The molecule has 3 aromatic carbocycles. The van der Waals surface area contributed by atoms with Crippen LogP contribution in [0.1, 0.15) is 27.4 Å². The van der Waals surface area contributed by atoms with Gasteiger partial charge in [0.1, 0.15) is 12.6 Å². The number of methoxy groups -OCH3 is 1. The Morgan fingerprint density at radius 3 is 2.23 bits per heavy atom. The predicted molar refractivity (Wildman–Crippen MR) is 134 cm³/mol. The van der Waals surface area contributed by atoms with Crippen LogP contribution in [0.15, 0.2) is 71.2 Å². The molecule has 0 radical (unpaired) electrons. The van der Waals surface area contributed by atoms with Gasteiger partial charge in [-0.15, -0.1) is 0 Å². The van der Waals surface area contributed by atoms with Crippen LogP contribution in [0.4, 0.5) is 10.5 Å². The van der Waals surface area contributed by atoms with Crippen LogP contribution in [0.2, 0.25) is 0 Å². The minimum Gasteiger partial charge on any atom is -0.478 e. The summed E-state index contributed by atoms with van der Waals surface area (Å²) < 4.78 is 11.0. The fourth-order valence-corrected chi connectivity index (χ4v) is 4.54. The van der Waals surface area contributed by atoms with Crippen LogP contribution >= 0.6 is 15.9 Å². The lowest BCUT2D eigenvalue weighted by Crippen LogP contribution is -2.47. The average molecular weight is 539 g/mol. The molecule has 35 heavy (non-hydrogen) atoms. The van der Waals surface area contributed by atoms with Crippen molar-refractivity contribution in [2.24, 2.45) is 0 Å². The number of carboxylic acids is 1. The summed E-state index contributed by atoms with van der Waals surface area (Å²) in [6.45, 7) is 0.00814. The van der Waals surface area contributed by atoms with Gasteiger partial charge >= 0.3 is 12.1 Å². The number of aromatic carboxylic acids is 1. The minimum atomic E-state index is -1.14. The highest BCUT2D eigenvalue weighted by Crippen LogP contribution is 2.44. The summed E-state index contributed by atoms with van der Waals surface area (Å²) in [6.07, 6.45) is -0.758. The third-order valence-corrected chi connectivity index (χ3v) is 6.44. The van der Waals surface area contributed by atoms with Gasteiger partial charge in [-0.3, -0.25) is 4.79 Å². The zero-order valence-corrected chi connectivity index (χ0v) is 20.4. The van der Waals surface area contributed by atoms with E-state index in [2.05, 4.69) is 26.6 Å². The van der Waals surface area contributed by atoms with Crippen molar-refractivity contribution in [3.63, 3.8) is 0 Å². The first-order valence-electron chi connectivity index (χ1n) is 10.8. The van der Waals surface area contributed by atoms with Crippen molar-refractivity contribution in [2.75, 3.05) is 25.6 Å². The molecule has 180 valence electrons. The van der Waals surface area contributed by atoms with Crippen LogP contribution in [-0.4, -0.2) is 49.4 Å². The minimum absolute atomic E-state index is 0.00409. The molecule has 0 aliphatic heterocycles. The van der Waals surface area contributed by atoms with Gasteiger partial charge in [0.25, 0.3) is 0 Å². The second kappa shape index (κ2) is 10.7. The second-order valence-corrected chi connectivity index (χ2v) is 8.82. The maximum absolute atomic E-state index is 12.8. The Morgan fingerprint density at radius 1 is 1.00 bits per heavy atom. The zero-order chi connectivity index (χ0) is 24.9. The largest absolute Gasteiger partial charge is 0.478 e. The molecule has 0 saturated heterocycles. The first-order chi connectivity index (χ1) is 16.9. The Hall–Kier alpha value is -3.69.